The van der Waals surface area contributed by atoms with Gasteiger partial charge in [0.2, 0.25) is 0 Å². The number of halogens is 3. The third-order valence-corrected chi connectivity index (χ3v) is 4.56. The van der Waals surface area contributed by atoms with Gasteiger partial charge in [0.15, 0.2) is 5.69 Å². The molecule has 0 saturated heterocycles. The molecule has 0 fully saturated rings. The summed E-state index contributed by atoms with van der Waals surface area (Å²) < 4.78 is 6.63. The van der Waals surface area contributed by atoms with Gasteiger partial charge in [-0.3, -0.25) is 0 Å². The van der Waals surface area contributed by atoms with Gasteiger partial charge >= 0.3 is 5.97 Å². The van der Waals surface area contributed by atoms with E-state index >= 15 is 0 Å². The van der Waals surface area contributed by atoms with Gasteiger partial charge in [-0.25, -0.2) is 9.78 Å². The van der Waals surface area contributed by atoms with E-state index in [1.807, 2.05) is 0 Å². The Morgan fingerprint density at radius 2 is 2.00 bits per heavy atom. The first-order valence-electron chi connectivity index (χ1n) is 3.15. The van der Waals surface area contributed by atoms with Crippen LogP contribution in [0.15, 0.2) is 19.6 Å². The van der Waals surface area contributed by atoms with Gasteiger partial charge in [-0.05, 0) is 47.8 Å². The van der Waals surface area contributed by atoms with Crippen molar-refractivity contribution in [2.75, 3.05) is 7.11 Å². The standard InChI is InChI=1S/C7H4Br3NO2/c1-13-7(12)6-5(10)4(9)3(8)2-11-6/h2H,1H3. The zero-order valence-corrected chi connectivity index (χ0v) is 11.2. The summed E-state index contributed by atoms with van der Waals surface area (Å²) in [6.07, 6.45) is 1.53. The molecule has 0 aliphatic carbocycles. The topological polar surface area (TPSA) is 39.2 Å². The SMILES string of the molecule is COC(=O)c1ncc(Br)c(Br)c1Br. The molecule has 0 bridgehead atoms. The Bertz CT molecular complexity index is 354. The van der Waals surface area contributed by atoms with E-state index in [9.17, 15) is 4.79 Å². The van der Waals surface area contributed by atoms with Crippen LogP contribution in [0, 0.1) is 0 Å². The molecule has 1 rings (SSSR count). The van der Waals surface area contributed by atoms with Gasteiger partial charge in [0.1, 0.15) is 0 Å². The van der Waals surface area contributed by atoms with E-state index in [0.29, 0.717) is 4.47 Å². The largest absolute Gasteiger partial charge is 0.464 e. The molecule has 0 saturated carbocycles. The zero-order chi connectivity index (χ0) is 10.0. The number of pyridine rings is 1. The van der Waals surface area contributed by atoms with E-state index < -0.39 is 5.97 Å². The predicted octanol–water partition coefficient (Wildman–Crippen LogP) is 3.16. The maximum atomic E-state index is 11.1. The van der Waals surface area contributed by atoms with Crippen LogP contribution in [-0.2, 0) is 4.74 Å². The lowest BCUT2D eigenvalue weighted by Gasteiger charge is -2.04. The highest BCUT2D eigenvalue weighted by Gasteiger charge is 2.15. The molecule has 1 heterocycles. The highest BCUT2D eigenvalue weighted by molar-refractivity contribution is 9.14. The van der Waals surface area contributed by atoms with Gasteiger partial charge in [0.05, 0.1) is 16.1 Å². The average Bonchev–Trinajstić information content (AvgIpc) is 2.13. The highest BCUT2D eigenvalue weighted by atomic mass is 79.9. The quantitative estimate of drug-likeness (QED) is 0.710. The summed E-state index contributed by atoms with van der Waals surface area (Å²) in [4.78, 5) is 15.1. The molecule has 13 heavy (non-hydrogen) atoms. The van der Waals surface area contributed by atoms with Gasteiger partial charge in [-0.2, -0.15) is 0 Å². The molecule has 0 atom stereocenters. The van der Waals surface area contributed by atoms with Crippen molar-refractivity contribution >= 4 is 53.8 Å². The Hall–Kier alpha value is 0.0600. The van der Waals surface area contributed by atoms with Crippen LogP contribution in [0.4, 0.5) is 0 Å². The fourth-order valence-electron chi connectivity index (χ4n) is 0.682. The Morgan fingerprint density at radius 3 is 2.54 bits per heavy atom. The Labute approximate surface area is 100 Å². The molecule has 0 N–H and O–H groups in total. The lowest BCUT2D eigenvalue weighted by molar-refractivity contribution is 0.0592. The van der Waals surface area contributed by atoms with Crippen molar-refractivity contribution in [1.82, 2.24) is 4.98 Å². The second-order valence-electron chi connectivity index (χ2n) is 2.07. The molecule has 1 aromatic rings. The van der Waals surface area contributed by atoms with E-state index in [1.165, 1.54) is 13.3 Å². The van der Waals surface area contributed by atoms with Crippen molar-refractivity contribution < 1.29 is 9.53 Å². The zero-order valence-electron chi connectivity index (χ0n) is 6.47. The summed E-state index contributed by atoms with van der Waals surface area (Å²) in [7, 11) is 1.31. The first-order valence-corrected chi connectivity index (χ1v) is 5.53. The van der Waals surface area contributed by atoms with Crippen LogP contribution in [0.2, 0.25) is 0 Å². The number of nitrogens with zero attached hydrogens (tertiary/aromatic N) is 1. The van der Waals surface area contributed by atoms with E-state index in [4.69, 9.17) is 0 Å². The normalized spacial score (nSPS) is 9.85. The van der Waals surface area contributed by atoms with Crippen molar-refractivity contribution in [3.8, 4) is 0 Å². The van der Waals surface area contributed by atoms with Crippen molar-refractivity contribution in [1.29, 1.82) is 0 Å². The molecule has 0 spiro atoms. The molecule has 0 aliphatic heterocycles. The smallest absolute Gasteiger partial charge is 0.357 e. The Morgan fingerprint density at radius 1 is 1.38 bits per heavy atom. The third-order valence-electron chi connectivity index (χ3n) is 1.30. The molecule has 0 aliphatic rings. The van der Waals surface area contributed by atoms with Crippen molar-refractivity contribution in [2.45, 2.75) is 0 Å². The van der Waals surface area contributed by atoms with Crippen molar-refractivity contribution in [3.63, 3.8) is 0 Å². The van der Waals surface area contributed by atoms with E-state index in [1.54, 1.807) is 0 Å². The second-order valence-corrected chi connectivity index (χ2v) is 4.51. The van der Waals surface area contributed by atoms with Crippen LogP contribution < -0.4 is 0 Å². The summed E-state index contributed by atoms with van der Waals surface area (Å²) in [5.41, 5.74) is 0.248. The maximum absolute atomic E-state index is 11.1. The molecular formula is C7H4Br3NO2. The summed E-state index contributed by atoms with van der Waals surface area (Å²) >= 11 is 9.78. The van der Waals surface area contributed by atoms with E-state index in [0.717, 1.165) is 8.95 Å². The number of methoxy groups -OCH3 is 1. The Kier molecular flexibility index (Phi) is 3.87. The molecule has 0 unspecified atom stereocenters. The average molecular weight is 374 g/mol. The van der Waals surface area contributed by atoms with Gasteiger partial charge in [0.25, 0.3) is 0 Å². The lowest BCUT2D eigenvalue weighted by atomic mass is 10.3. The molecule has 1 aromatic heterocycles. The molecule has 70 valence electrons. The van der Waals surface area contributed by atoms with E-state index in [2.05, 4.69) is 57.5 Å². The van der Waals surface area contributed by atoms with Crippen molar-refractivity contribution in [3.05, 3.63) is 25.3 Å². The predicted molar refractivity (Wildman–Crippen MR) is 58.7 cm³/mol. The Balaban J connectivity index is 3.26. The lowest BCUT2D eigenvalue weighted by Crippen LogP contribution is -2.05. The van der Waals surface area contributed by atoms with Crippen LogP contribution >= 0.6 is 47.8 Å². The number of hydrogen-bond donors (Lipinski definition) is 0. The van der Waals surface area contributed by atoms with Crippen LogP contribution in [0.3, 0.4) is 0 Å². The number of hydrogen-bond acceptors (Lipinski definition) is 3. The van der Waals surface area contributed by atoms with Gasteiger partial charge in [-0.1, -0.05) is 0 Å². The monoisotopic (exact) mass is 371 g/mol. The first-order chi connectivity index (χ1) is 6.07. The minimum atomic E-state index is -0.472. The molecule has 3 nitrogen and oxygen atoms in total. The highest BCUT2D eigenvalue weighted by Crippen LogP contribution is 2.32. The molecular weight excluding hydrogens is 370 g/mol. The van der Waals surface area contributed by atoms with Crippen LogP contribution in [0.5, 0.6) is 0 Å². The molecule has 6 heteroatoms. The number of carbonyl (C=O) groups excluding carboxylic acids is 1. The molecule has 0 radical (unpaired) electrons. The molecule has 0 amide bonds. The van der Waals surface area contributed by atoms with Gasteiger partial charge in [0, 0.05) is 10.7 Å². The van der Waals surface area contributed by atoms with Crippen molar-refractivity contribution in [2.24, 2.45) is 0 Å². The number of rotatable bonds is 1. The molecule has 0 aromatic carbocycles. The van der Waals surface area contributed by atoms with Gasteiger partial charge in [-0.15, -0.1) is 0 Å². The minimum absolute atomic E-state index is 0.248. The van der Waals surface area contributed by atoms with Crippen LogP contribution in [0.1, 0.15) is 10.5 Å². The van der Waals surface area contributed by atoms with Crippen LogP contribution in [0.25, 0.3) is 0 Å². The second kappa shape index (κ2) is 4.52. The summed E-state index contributed by atoms with van der Waals surface area (Å²) in [5.74, 6) is -0.472. The minimum Gasteiger partial charge on any atom is -0.464 e. The number of carbonyl (C=O) groups is 1. The van der Waals surface area contributed by atoms with E-state index in [-0.39, 0.29) is 5.69 Å². The van der Waals surface area contributed by atoms with Crippen LogP contribution in [-0.4, -0.2) is 18.1 Å². The fraction of sp³-hybridized carbons (Fsp3) is 0.143. The number of ether oxygens (including phenoxy) is 1. The summed E-state index contributed by atoms with van der Waals surface area (Å²) in [6.45, 7) is 0. The summed E-state index contributed by atoms with van der Waals surface area (Å²) in [5, 5.41) is 0. The maximum Gasteiger partial charge on any atom is 0.357 e. The number of aromatic nitrogens is 1. The number of esters is 1. The summed E-state index contributed by atoms with van der Waals surface area (Å²) in [6, 6.07) is 0. The third kappa shape index (κ3) is 2.30. The first kappa shape index (κ1) is 11.1. The van der Waals surface area contributed by atoms with Gasteiger partial charge < -0.3 is 4.74 Å². The fourth-order valence-corrected chi connectivity index (χ4v) is 2.02.